The van der Waals surface area contributed by atoms with Crippen LogP contribution in [-0.2, 0) is 9.53 Å². The van der Waals surface area contributed by atoms with E-state index in [2.05, 4.69) is 6.92 Å². The van der Waals surface area contributed by atoms with Gasteiger partial charge in [0.15, 0.2) is 0 Å². The Balaban J connectivity index is 3.27. The zero-order valence-electron chi connectivity index (χ0n) is 7.51. The van der Waals surface area contributed by atoms with Crippen LogP contribution in [0.2, 0.25) is 0 Å². The Morgan fingerprint density at radius 1 is 1.45 bits per heavy atom. The van der Waals surface area contributed by atoms with Crippen molar-refractivity contribution in [2.45, 2.75) is 45.1 Å². The monoisotopic (exact) mass is 158 g/mol. The summed E-state index contributed by atoms with van der Waals surface area (Å²) in [5.74, 6) is 0. The van der Waals surface area contributed by atoms with Crippen molar-refractivity contribution in [1.82, 2.24) is 0 Å². The number of aldehydes is 1. The minimum atomic E-state index is 0.152. The average molecular weight is 158 g/mol. The highest BCUT2D eigenvalue weighted by atomic mass is 16.5. The molecular weight excluding hydrogens is 140 g/mol. The van der Waals surface area contributed by atoms with E-state index in [-0.39, 0.29) is 6.10 Å². The second-order valence-electron chi connectivity index (χ2n) is 2.76. The normalized spacial score (nSPS) is 12.9. The molecule has 1 unspecified atom stereocenters. The molecular formula is C9H18O2. The molecule has 0 bridgehead atoms. The molecule has 0 N–H and O–H groups in total. The van der Waals surface area contributed by atoms with E-state index in [1.54, 1.807) is 7.11 Å². The largest absolute Gasteiger partial charge is 0.381 e. The van der Waals surface area contributed by atoms with Gasteiger partial charge in [-0.2, -0.15) is 0 Å². The van der Waals surface area contributed by atoms with E-state index in [0.29, 0.717) is 6.42 Å². The highest BCUT2D eigenvalue weighted by Gasteiger charge is 2.04. The van der Waals surface area contributed by atoms with Crippen LogP contribution in [0, 0.1) is 0 Å². The third-order valence-electron chi connectivity index (χ3n) is 1.82. The van der Waals surface area contributed by atoms with Gasteiger partial charge in [0.05, 0.1) is 6.10 Å². The second kappa shape index (κ2) is 7.73. The number of carbonyl (C=O) groups is 1. The number of unbranched alkanes of at least 4 members (excludes halogenated alkanes) is 2. The van der Waals surface area contributed by atoms with Crippen LogP contribution in [0.1, 0.15) is 39.0 Å². The highest BCUT2D eigenvalue weighted by Crippen LogP contribution is 2.07. The SMILES string of the molecule is CCCCCC(CC=O)OC. The summed E-state index contributed by atoms with van der Waals surface area (Å²) in [7, 11) is 1.67. The molecule has 0 saturated carbocycles. The number of methoxy groups -OCH3 is 1. The third-order valence-corrected chi connectivity index (χ3v) is 1.82. The van der Waals surface area contributed by atoms with Gasteiger partial charge in [-0.25, -0.2) is 0 Å². The first-order valence-corrected chi connectivity index (χ1v) is 4.31. The Labute approximate surface area is 68.9 Å². The summed E-state index contributed by atoms with van der Waals surface area (Å²) in [6.07, 6.45) is 6.27. The Hall–Kier alpha value is -0.370. The third kappa shape index (κ3) is 6.05. The highest BCUT2D eigenvalue weighted by molar-refractivity contribution is 5.50. The molecule has 0 heterocycles. The van der Waals surface area contributed by atoms with Crippen molar-refractivity contribution in [2.75, 3.05) is 7.11 Å². The first kappa shape index (κ1) is 10.6. The molecule has 0 aromatic heterocycles. The van der Waals surface area contributed by atoms with Crippen LogP contribution in [0.4, 0.5) is 0 Å². The van der Waals surface area contributed by atoms with E-state index in [9.17, 15) is 4.79 Å². The Morgan fingerprint density at radius 2 is 2.18 bits per heavy atom. The summed E-state index contributed by atoms with van der Waals surface area (Å²) in [5, 5.41) is 0. The van der Waals surface area contributed by atoms with Gasteiger partial charge in [0.25, 0.3) is 0 Å². The number of ether oxygens (including phenoxy) is 1. The van der Waals surface area contributed by atoms with E-state index in [0.717, 1.165) is 12.7 Å². The second-order valence-corrected chi connectivity index (χ2v) is 2.76. The molecule has 1 atom stereocenters. The fourth-order valence-corrected chi connectivity index (χ4v) is 1.06. The number of rotatable bonds is 7. The minimum absolute atomic E-state index is 0.152. The minimum Gasteiger partial charge on any atom is -0.381 e. The fraction of sp³-hybridized carbons (Fsp3) is 0.889. The molecule has 2 heteroatoms. The predicted octanol–water partition coefficient (Wildman–Crippen LogP) is 2.17. The van der Waals surface area contributed by atoms with Gasteiger partial charge in [-0.3, -0.25) is 0 Å². The van der Waals surface area contributed by atoms with Gasteiger partial charge >= 0.3 is 0 Å². The lowest BCUT2D eigenvalue weighted by molar-refractivity contribution is -0.110. The smallest absolute Gasteiger partial charge is 0.122 e. The quantitative estimate of drug-likeness (QED) is 0.419. The van der Waals surface area contributed by atoms with Gasteiger partial charge in [0.2, 0.25) is 0 Å². The van der Waals surface area contributed by atoms with Crippen LogP contribution in [0.5, 0.6) is 0 Å². The van der Waals surface area contributed by atoms with E-state index < -0.39 is 0 Å². The number of carbonyl (C=O) groups excluding carboxylic acids is 1. The van der Waals surface area contributed by atoms with Gasteiger partial charge in [0, 0.05) is 13.5 Å². The van der Waals surface area contributed by atoms with Crippen molar-refractivity contribution < 1.29 is 9.53 Å². The van der Waals surface area contributed by atoms with E-state index in [4.69, 9.17) is 4.74 Å². The first-order valence-electron chi connectivity index (χ1n) is 4.31. The summed E-state index contributed by atoms with van der Waals surface area (Å²) < 4.78 is 5.11. The molecule has 0 rings (SSSR count). The number of hydrogen-bond donors (Lipinski definition) is 0. The molecule has 11 heavy (non-hydrogen) atoms. The number of hydrogen-bond acceptors (Lipinski definition) is 2. The van der Waals surface area contributed by atoms with Crippen LogP contribution >= 0.6 is 0 Å². The average Bonchev–Trinajstić information content (AvgIpc) is 2.03. The van der Waals surface area contributed by atoms with Crippen molar-refractivity contribution in [1.29, 1.82) is 0 Å². The van der Waals surface area contributed by atoms with Gasteiger partial charge in [-0.1, -0.05) is 26.2 Å². The molecule has 0 aromatic carbocycles. The van der Waals surface area contributed by atoms with Gasteiger partial charge < -0.3 is 9.53 Å². The fourth-order valence-electron chi connectivity index (χ4n) is 1.06. The Kier molecular flexibility index (Phi) is 7.47. The van der Waals surface area contributed by atoms with E-state index >= 15 is 0 Å². The molecule has 0 spiro atoms. The zero-order valence-corrected chi connectivity index (χ0v) is 7.51. The molecule has 66 valence electrons. The maximum Gasteiger partial charge on any atom is 0.122 e. The lowest BCUT2D eigenvalue weighted by atomic mass is 10.1. The standard InChI is InChI=1S/C9H18O2/c1-3-4-5-6-9(11-2)7-8-10/h8-9H,3-7H2,1-2H3. The molecule has 0 aliphatic carbocycles. The lowest BCUT2D eigenvalue weighted by Gasteiger charge is -2.10. The van der Waals surface area contributed by atoms with E-state index in [1.807, 2.05) is 0 Å². The van der Waals surface area contributed by atoms with Gasteiger partial charge in [-0.15, -0.1) is 0 Å². The molecule has 0 amide bonds. The first-order chi connectivity index (χ1) is 5.35. The van der Waals surface area contributed by atoms with Crippen LogP contribution in [-0.4, -0.2) is 19.5 Å². The van der Waals surface area contributed by atoms with Crippen molar-refractivity contribution in [3.8, 4) is 0 Å². The summed E-state index contributed by atoms with van der Waals surface area (Å²) in [6, 6.07) is 0. The van der Waals surface area contributed by atoms with Crippen LogP contribution in [0.3, 0.4) is 0 Å². The topological polar surface area (TPSA) is 26.3 Å². The van der Waals surface area contributed by atoms with Crippen molar-refractivity contribution >= 4 is 6.29 Å². The van der Waals surface area contributed by atoms with Crippen LogP contribution in [0.15, 0.2) is 0 Å². The summed E-state index contributed by atoms with van der Waals surface area (Å²) >= 11 is 0. The van der Waals surface area contributed by atoms with E-state index in [1.165, 1.54) is 19.3 Å². The van der Waals surface area contributed by atoms with Crippen molar-refractivity contribution in [3.05, 3.63) is 0 Å². The maximum absolute atomic E-state index is 10.1. The molecule has 0 aromatic rings. The molecule has 0 saturated heterocycles. The van der Waals surface area contributed by atoms with Crippen molar-refractivity contribution in [2.24, 2.45) is 0 Å². The summed E-state index contributed by atoms with van der Waals surface area (Å²) in [6.45, 7) is 2.17. The molecule has 2 nitrogen and oxygen atoms in total. The Bertz CT molecular complexity index is 91.6. The lowest BCUT2D eigenvalue weighted by Crippen LogP contribution is -2.10. The van der Waals surface area contributed by atoms with Crippen LogP contribution in [0.25, 0.3) is 0 Å². The van der Waals surface area contributed by atoms with Gasteiger partial charge in [0.1, 0.15) is 6.29 Å². The molecule has 0 aliphatic heterocycles. The predicted molar refractivity (Wildman–Crippen MR) is 45.6 cm³/mol. The van der Waals surface area contributed by atoms with Gasteiger partial charge in [-0.05, 0) is 6.42 Å². The Morgan fingerprint density at radius 3 is 2.64 bits per heavy atom. The summed E-state index contributed by atoms with van der Waals surface area (Å²) in [5.41, 5.74) is 0. The molecule has 0 fully saturated rings. The molecule has 0 radical (unpaired) electrons. The summed E-state index contributed by atoms with van der Waals surface area (Å²) in [4.78, 5) is 10.1. The molecule has 0 aliphatic rings. The zero-order chi connectivity index (χ0) is 8.53. The van der Waals surface area contributed by atoms with Crippen LogP contribution < -0.4 is 0 Å². The maximum atomic E-state index is 10.1. The van der Waals surface area contributed by atoms with Crippen molar-refractivity contribution in [3.63, 3.8) is 0 Å².